The van der Waals surface area contributed by atoms with Crippen molar-refractivity contribution in [1.82, 2.24) is 9.97 Å². The third-order valence-corrected chi connectivity index (χ3v) is 1.31. The van der Waals surface area contributed by atoms with Gasteiger partial charge >= 0.3 is 0 Å². The van der Waals surface area contributed by atoms with E-state index in [-0.39, 0.29) is 23.2 Å². The molecule has 1 rings (SSSR count). The van der Waals surface area contributed by atoms with Gasteiger partial charge in [0.2, 0.25) is 12.7 Å². The summed E-state index contributed by atoms with van der Waals surface area (Å²) >= 11 is 0. The average molecular weight is 185 g/mol. The zero-order chi connectivity index (χ0) is 9.84. The fraction of sp³-hybridized carbons (Fsp3) is 0.286. The number of anilines is 1. The number of aromatic nitrogens is 2. The zero-order valence-corrected chi connectivity index (χ0v) is 6.95. The Bertz CT molecular complexity index is 330. The van der Waals surface area contributed by atoms with Crippen molar-refractivity contribution >= 4 is 11.6 Å². The van der Waals surface area contributed by atoms with E-state index >= 15 is 0 Å². The zero-order valence-electron chi connectivity index (χ0n) is 6.95. The van der Waals surface area contributed by atoms with Crippen molar-refractivity contribution in [3.8, 4) is 5.88 Å². The van der Waals surface area contributed by atoms with Crippen LogP contribution < -0.4 is 10.5 Å². The first-order valence-corrected chi connectivity index (χ1v) is 3.47. The van der Waals surface area contributed by atoms with Crippen LogP contribution in [0.5, 0.6) is 5.88 Å². The lowest BCUT2D eigenvalue weighted by molar-refractivity contribution is 0.101. The number of carbonyl (C=O) groups excluding carboxylic acids is 1. The number of nitrogens with two attached hydrogens (primary N) is 1. The highest BCUT2D eigenvalue weighted by Crippen LogP contribution is 2.11. The molecule has 0 amide bonds. The number of alkyl halides is 1. The average Bonchev–Trinajstić information content (AvgIpc) is 2.04. The SMILES string of the molecule is CC(=O)c1ncc(OCF)nc1N. The molecule has 0 unspecified atom stereocenters. The molecule has 0 aromatic carbocycles. The minimum atomic E-state index is -1.01. The number of ether oxygens (including phenoxy) is 1. The van der Waals surface area contributed by atoms with Crippen molar-refractivity contribution in [3.63, 3.8) is 0 Å². The van der Waals surface area contributed by atoms with Crippen molar-refractivity contribution < 1.29 is 13.9 Å². The largest absolute Gasteiger partial charge is 0.445 e. The Labute approximate surface area is 73.7 Å². The third-order valence-electron chi connectivity index (χ3n) is 1.31. The van der Waals surface area contributed by atoms with Crippen molar-refractivity contribution in [2.75, 3.05) is 12.6 Å². The van der Waals surface area contributed by atoms with Gasteiger partial charge < -0.3 is 10.5 Å². The minimum Gasteiger partial charge on any atom is -0.445 e. The van der Waals surface area contributed by atoms with Crippen LogP contribution in [0.2, 0.25) is 0 Å². The molecular formula is C7H8FN3O2. The van der Waals surface area contributed by atoms with Crippen LogP contribution in [0.1, 0.15) is 17.4 Å². The molecule has 13 heavy (non-hydrogen) atoms. The van der Waals surface area contributed by atoms with Gasteiger partial charge in [-0.15, -0.1) is 0 Å². The molecule has 0 aliphatic rings. The van der Waals surface area contributed by atoms with Gasteiger partial charge in [0.1, 0.15) is 5.69 Å². The van der Waals surface area contributed by atoms with Gasteiger partial charge in [-0.2, -0.15) is 4.98 Å². The van der Waals surface area contributed by atoms with Gasteiger partial charge in [-0.05, 0) is 0 Å². The standard InChI is InChI=1S/C7H8FN3O2/c1-4(12)6-7(9)11-5(2-10-6)13-3-8/h2H,3H2,1H3,(H2,9,11). The van der Waals surface area contributed by atoms with Gasteiger partial charge in [0.25, 0.3) is 0 Å². The van der Waals surface area contributed by atoms with E-state index in [0.717, 1.165) is 6.20 Å². The maximum Gasteiger partial charge on any atom is 0.236 e. The summed E-state index contributed by atoms with van der Waals surface area (Å²) in [6, 6.07) is 0. The smallest absolute Gasteiger partial charge is 0.236 e. The van der Waals surface area contributed by atoms with Crippen LogP contribution >= 0.6 is 0 Å². The summed E-state index contributed by atoms with van der Waals surface area (Å²) < 4.78 is 16.1. The molecule has 70 valence electrons. The summed E-state index contributed by atoms with van der Waals surface area (Å²) in [7, 11) is 0. The number of hydrogen-bond donors (Lipinski definition) is 1. The van der Waals surface area contributed by atoms with Crippen LogP contribution in [0, 0.1) is 0 Å². The highest BCUT2D eigenvalue weighted by molar-refractivity contribution is 5.96. The Hall–Kier alpha value is -1.72. The van der Waals surface area contributed by atoms with Gasteiger partial charge in [-0.1, -0.05) is 0 Å². The van der Waals surface area contributed by atoms with Crippen molar-refractivity contribution in [3.05, 3.63) is 11.9 Å². The lowest BCUT2D eigenvalue weighted by atomic mass is 10.3. The molecule has 0 radical (unpaired) electrons. The van der Waals surface area contributed by atoms with Gasteiger partial charge in [0.15, 0.2) is 11.6 Å². The van der Waals surface area contributed by atoms with Gasteiger partial charge in [-0.3, -0.25) is 4.79 Å². The van der Waals surface area contributed by atoms with E-state index < -0.39 is 6.86 Å². The first-order chi connectivity index (χ1) is 6.15. The van der Waals surface area contributed by atoms with Gasteiger partial charge in [0, 0.05) is 6.92 Å². The Kier molecular flexibility index (Phi) is 2.73. The molecule has 2 N–H and O–H groups in total. The number of ketones is 1. The number of rotatable bonds is 3. The summed E-state index contributed by atoms with van der Waals surface area (Å²) in [6.45, 7) is 0.309. The molecule has 0 fully saturated rings. The number of hydrogen-bond acceptors (Lipinski definition) is 5. The summed E-state index contributed by atoms with van der Waals surface area (Å²) in [5.41, 5.74) is 5.42. The Morgan fingerprint density at radius 1 is 1.77 bits per heavy atom. The number of Topliss-reactive ketones (excluding diaryl/α,β-unsaturated/α-hetero) is 1. The lowest BCUT2D eigenvalue weighted by Crippen LogP contribution is -2.06. The first-order valence-electron chi connectivity index (χ1n) is 3.47. The van der Waals surface area contributed by atoms with Crippen LogP contribution in [0.15, 0.2) is 6.20 Å². The minimum absolute atomic E-state index is 0.0370. The quantitative estimate of drug-likeness (QED) is 0.696. The molecule has 1 heterocycles. The Morgan fingerprint density at radius 2 is 2.46 bits per heavy atom. The van der Waals surface area contributed by atoms with Crippen LogP contribution in [-0.2, 0) is 0 Å². The second kappa shape index (κ2) is 3.79. The van der Waals surface area contributed by atoms with Crippen LogP contribution in [0.25, 0.3) is 0 Å². The third kappa shape index (κ3) is 2.11. The molecule has 5 nitrogen and oxygen atoms in total. The first kappa shape index (κ1) is 9.37. The Morgan fingerprint density at radius 3 is 2.92 bits per heavy atom. The maximum atomic E-state index is 11.7. The highest BCUT2D eigenvalue weighted by Gasteiger charge is 2.08. The molecule has 0 aliphatic heterocycles. The summed E-state index contributed by atoms with van der Waals surface area (Å²) in [6.07, 6.45) is 1.15. The molecule has 0 bridgehead atoms. The monoisotopic (exact) mass is 185 g/mol. The van der Waals surface area contributed by atoms with E-state index in [1.165, 1.54) is 6.92 Å². The Balaban J connectivity index is 2.98. The number of halogens is 1. The van der Waals surface area contributed by atoms with E-state index in [1.54, 1.807) is 0 Å². The summed E-state index contributed by atoms with van der Waals surface area (Å²) in [4.78, 5) is 18.1. The van der Waals surface area contributed by atoms with Crippen molar-refractivity contribution in [2.24, 2.45) is 0 Å². The fourth-order valence-corrected chi connectivity index (χ4v) is 0.783. The van der Waals surface area contributed by atoms with Crippen LogP contribution in [0.4, 0.5) is 10.2 Å². The lowest BCUT2D eigenvalue weighted by Gasteiger charge is -2.02. The van der Waals surface area contributed by atoms with Crippen molar-refractivity contribution in [1.29, 1.82) is 0 Å². The predicted octanol–water partition coefficient (Wildman–Crippen LogP) is 0.567. The molecule has 0 saturated heterocycles. The van der Waals surface area contributed by atoms with E-state index in [1.807, 2.05) is 0 Å². The highest BCUT2D eigenvalue weighted by atomic mass is 19.1. The topological polar surface area (TPSA) is 78.1 Å². The van der Waals surface area contributed by atoms with E-state index in [9.17, 15) is 9.18 Å². The molecule has 0 spiro atoms. The number of nitrogen functional groups attached to an aromatic ring is 1. The normalized spacial score (nSPS) is 9.69. The van der Waals surface area contributed by atoms with Crippen LogP contribution in [0.3, 0.4) is 0 Å². The molecule has 1 aromatic heterocycles. The number of nitrogens with zero attached hydrogens (tertiary/aromatic N) is 2. The number of carbonyl (C=O) groups is 1. The van der Waals surface area contributed by atoms with Crippen molar-refractivity contribution in [2.45, 2.75) is 6.92 Å². The van der Waals surface area contributed by atoms with Gasteiger partial charge in [0.05, 0.1) is 6.20 Å². The molecule has 1 aromatic rings. The van der Waals surface area contributed by atoms with E-state index in [2.05, 4.69) is 14.7 Å². The maximum absolute atomic E-state index is 11.7. The second-order valence-corrected chi connectivity index (χ2v) is 2.25. The van der Waals surface area contributed by atoms with Gasteiger partial charge in [-0.25, -0.2) is 9.37 Å². The van der Waals surface area contributed by atoms with E-state index in [0.29, 0.717) is 0 Å². The second-order valence-electron chi connectivity index (χ2n) is 2.25. The van der Waals surface area contributed by atoms with E-state index in [4.69, 9.17) is 5.73 Å². The molecular weight excluding hydrogens is 177 g/mol. The van der Waals surface area contributed by atoms with Crippen LogP contribution in [-0.4, -0.2) is 22.6 Å². The molecule has 0 saturated carbocycles. The fourth-order valence-electron chi connectivity index (χ4n) is 0.783. The molecule has 0 aliphatic carbocycles. The predicted molar refractivity (Wildman–Crippen MR) is 43.1 cm³/mol. The summed E-state index contributed by atoms with van der Waals surface area (Å²) in [5.74, 6) is -0.389. The summed E-state index contributed by atoms with van der Waals surface area (Å²) in [5, 5.41) is 0. The molecule has 6 heteroatoms. The molecule has 0 atom stereocenters.